The van der Waals surface area contributed by atoms with Gasteiger partial charge in [0.15, 0.2) is 0 Å². The van der Waals surface area contributed by atoms with Crippen LogP contribution < -0.4 is 5.56 Å². The van der Waals surface area contributed by atoms with Crippen LogP contribution in [0, 0.1) is 18.8 Å². The number of hydrogen-bond acceptors (Lipinski definition) is 3. The van der Waals surface area contributed by atoms with Crippen molar-refractivity contribution in [1.82, 2.24) is 14.5 Å². The van der Waals surface area contributed by atoms with E-state index >= 15 is 0 Å². The number of hydrogen-bond donors (Lipinski definition) is 0. The van der Waals surface area contributed by atoms with Gasteiger partial charge in [-0.25, -0.2) is 4.98 Å². The van der Waals surface area contributed by atoms with Crippen LogP contribution in [0.4, 0.5) is 0 Å². The number of nitrogens with zero attached hydrogens (tertiary/aromatic N) is 3. The molecule has 0 aromatic carbocycles. The first-order chi connectivity index (χ1) is 9.13. The van der Waals surface area contributed by atoms with E-state index < -0.39 is 0 Å². The van der Waals surface area contributed by atoms with Crippen molar-refractivity contribution >= 4 is 5.91 Å². The second-order valence-electron chi connectivity index (χ2n) is 5.75. The Morgan fingerprint density at radius 3 is 2.68 bits per heavy atom. The van der Waals surface area contributed by atoms with E-state index in [4.69, 9.17) is 0 Å². The van der Waals surface area contributed by atoms with Crippen LogP contribution in [0.25, 0.3) is 0 Å². The Balaban J connectivity index is 1.67. The largest absolute Gasteiger partial charge is 0.341 e. The van der Waals surface area contributed by atoms with E-state index in [-0.39, 0.29) is 18.0 Å². The van der Waals surface area contributed by atoms with E-state index in [1.165, 1.54) is 36.2 Å². The molecule has 1 aromatic rings. The number of aryl methyl sites for hydroxylation is 1. The van der Waals surface area contributed by atoms with Gasteiger partial charge in [0.1, 0.15) is 6.54 Å². The van der Waals surface area contributed by atoms with Gasteiger partial charge in [0.25, 0.3) is 5.56 Å². The average Bonchev–Trinajstić information content (AvgIpc) is 2.93. The molecule has 0 radical (unpaired) electrons. The van der Waals surface area contributed by atoms with Crippen molar-refractivity contribution in [2.24, 2.45) is 11.8 Å². The van der Waals surface area contributed by atoms with Gasteiger partial charge in [-0.2, -0.15) is 0 Å². The summed E-state index contributed by atoms with van der Waals surface area (Å²) in [5.41, 5.74) is 0.532. The molecule has 1 aliphatic carbocycles. The highest BCUT2D eigenvalue weighted by molar-refractivity contribution is 5.76. The lowest BCUT2D eigenvalue weighted by Gasteiger charge is -2.17. The molecule has 1 aromatic heterocycles. The first kappa shape index (κ1) is 12.4. The molecule has 5 nitrogen and oxygen atoms in total. The van der Waals surface area contributed by atoms with Crippen LogP contribution in [0.1, 0.15) is 25.0 Å². The van der Waals surface area contributed by atoms with Gasteiger partial charge < -0.3 is 4.90 Å². The number of fused-ring (bicyclic) bond motifs is 1. The van der Waals surface area contributed by atoms with E-state index in [2.05, 4.69) is 4.98 Å². The van der Waals surface area contributed by atoms with Gasteiger partial charge in [0, 0.05) is 24.8 Å². The molecule has 2 heterocycles. The van der Waals surface area contributed by atoms with Crippen molar-refractivity contribution in [3.8, 4) is 0 Å². The highest BCUT2D eigenvalue weighted by Crippen LogP contribution is 2.37. The van der Waals surface area contributed by atoms with Crippen molar-refractivity contribution in [1.29, 1.82) is 0 Å². The standard InChI is InChI=1S/C14H19N3O2/c1-10-5-13(18)17(9-15-10)8-14(19)16-6-11-3-2-4-12(11)7-16/h5,9,11-12H,2-4,6-8H2,1H3. The normalized spacial score (nSPS) is 25.6. The highest BCUT2D eigenvalue weighted by atomic mass is 16.2. The van der Waals surface area contributed by atoms with Crippen LogP contribution in [0.5, 0.6) is 0 Å². The summed E-state index contributed by atoms with van der Waals surface area (Å²) in [7, 11) is 0. The van der Waals surface area contributed by atoms with Crippen molar-refractivity contribution in [2.45, 2.75) is 32.7 Å². The monoisotopic (exact) mass is 261 g/mol. The summed E-state index contributed by atoms with van der Waals surface area (Å²) in [6, 6.07) is 1.46. The lowest BCUT2D eigenvalue weighted by atomic mass is 10.0. The Labute approximate surface area is 112 Å². The summed E-state index contributed by atoms with van der Waals surface area (Å²) in [5.74, 6) is 1.43. The number of amides is 1. The topological polar surface area (TPSA) is 55.2 Å². The first-order valence-corrected chi connectivity index (χ1v) is 6.94. The molecule has 1 saturated heterocycles. The third kappa shape index (κ3) is 2.41. The second-order valence-corrected chi connectivity index (χ2v) is 5.75. The number of likely N-dealkylation sites (tertiary alicyclic amines) is 1. The van der Waals surface area contributed by atoms with Crippen LogP contribution in [-0.2, 0) is 11.3 Å². The second kappa shape index (κ2) is 4.79. The van der Waals surface area contributed by atoms with Crippen LogP contribution >= 0.6 is 0 Å². The molecule has 0 N–H and O–H groups in total. The zero-order valence-electron chi connectivity index (χ0n) is 11.2. The fraction of sp³-hybridized carbons (Fsp3) is 0.643. The summed E-state index contributed by atoms with van der Waals surface area (Å²) < 4.78 is 1.39. The Bertz CT molecular complexity index is 540. The molecule has 1 aliphatic heterocycles. The van der Waals surface area contributed by atoms with Gasteiger partial charge >= 0.3 is 0 Å². The van der Waals surface area contributed by atoms with Crippen LogP contribution in [0.2, 0.25) is 0 Å². The molecule has 0 bridgehead atoms. The van der Waals surface area contributed by atoms with Crippen LogP contribution in [-0.4, -0.2) is 33.4 Å². The van der Waals surface area contributed by atoms with Crippen molar-refractivity contribution in [2.75, 3.05) is 13.1 Å². The summed E-state index contributed by atoms with van der Waals surface area (Å²) in [6.45, 7) is 3.63. The molecule has 2 fully saturated rings. The predicted octanol–water partition coefficient (Wildman–Crippen LogP) is 0.810. The third-order valence-corrected chi connectivity index (χ3v) is 4.40. The maximum absolute atomic E-state index is 12.2. The van der Waals surface area contributed by atoms with E-state index in [1.807, 2.05) is 4.90 Å². The van der Waals surface area contributed by atoms with E-state index in [0.29, 0.717) is 17.5 Å². The highest BCUT2D eigenvalue weighted by Gasteiger charge is 2.37. The lowest BCUT2D eigenvalue weighted by molar-refractivity contribution is -0.131. The maximum Gasteiger partial charge on any atom is 0.253 e. The van der Waals surface area contributed by atoms with Gasteiger partial charge in [-0.05, 0) is 31.6 Å². The summed E-state index contributed by atoms with van der Waals surface area (Å²) in [6.07, 6.45) is 5.27. The molecule has 1 amide bonds. The van der Waals surface area contributed by atoms with E-state index in [9.17, 15) is 9.59 Å². The average molecular weight is 261 g/mol. The molecule has 1 saturated carbocycles. The van der Waals surface area contributed by atoms with Gasteiger partial charge in [-0.1, -0.05) is 6.42 Å². The Kier molecular flexibility index (Phi) is 3.12. The number of carbonyl (C=O) groups excluding carboxylic acids is 1. The third-order valence-electron chi connectivity index (χ3n) is 4.40. The zero-order valence-corrected chi connectivity index (χ0v) is 11.2. The molecule has 102 valence electrons. The van der Waals surface area contributed by atoms with Gasteiger partial charge in [-0.15, -0.1) is 0 Å². The predicted molar refractivity (Wildman–Crippen MR) is 70.6 cm³/mol. The van der Waals surface area contributed by atoms with E-state index in [0.717, 1.165) is 13.1 Å². The zero-order chi connectivity index (χ0) is 13.4. The maximum atomic E-state index is 12.2. The summed E-state index contributed by atoms with van der Waals surface area (Å²) in [5, 5.41) is 0. The Hall–Kier alpha value is -1.65. The van der Waals surface area contributed by atoms with Crippen molar-refractivity contribution in [3.63, 3.8) is 0 Å². The molecular formula is C14H19N3O2. The SMILES string of the molecule is Cc1cc(=O)n(CC(=O)N2CC3CCCC3C2)cn1. The van der Waals surface area contributed by atoms with Crippen molar-refractivity contribution in [3.05, 3.63) is 28.4 Å². The molecule has 3 rings (SSSR count). The minimum absolute atomic E-state index is 0.0437. The van der Waals surface area contributed by atoms with Crippen LogP contribution in [0.3, 0.4) is 0 Å². The van der Waals surface area contributed by atoms with Gasteiger partial charge in [0.05, 0.1) is 6.33 Å². The number of carbonyl (C=O) groups is 1. The van der Waals surface area contributed by atoms with E-state index in [1.54, 1.807) is 6.92 Å². The Morgan fingerprint density at radius 1 is 1.37 bits per heavy atom. The summed E-state index contributed by atoms with van der Waals surface area (Å²) >= 11 is 0. The quantitative estimate of drug-likeness (QED) is 0.791. The first-order valence-electron chi connectivity index (χ1n) is 6.94. The lowest BCUT2D eigenvalue weighted by Crippen LogP contribution is -2.35. The van der Waals surface area contributed by atoms with Gasteiger partial charge in [0.2, 0.25) is 5.91 Å². The molecule has 2 unspecified atom stereocenters. The number of aromatic nitrogens is 2. The Morgan fingerprint density at radius 2 is 2.05 bits per heavy atom. The minimum Gasteiger partial charge on any atom is -0.341 e. The smallest absolute Gasteiger partial charge is 0.253 e. The molecule has 0 spiro atoms. The molecule has 5 heteroatoms. The molecule has 2 aliphatic rings. The fourth-order valence-corrected chi connectivity index (χ4v) is 3.32. The van der Waals surface area contributed by atoms with Crippen molar-refractivity contribution < 1.29 is 4.79 Å². The fourth-order valence-electron chi connectivity index (χ4n) is 3.32. The minimum atomic E-state index is -0.153. The summed E-state index contributed by atoms with van der Waals surface area (Å²) in [4.78, 5) is 29.9. The number of rotatable bonds is 2. The molecule has 2 atom stereocenters. The molecule has 19 heavy (non-hydrogen) atoms. The van der Waals surface area contributed by atoms with Gasteiger partial charge in [-0.3, -0.25) is 14.2 Å². The van der Waals surface area contributed by atoms with Crippen LogP contribution in [0.15, 0.2) is 17.2 Å². The molecular weight excluding hydrogens is 242 g/mol.